The summed E-state index contributed by atoms with van der Waals surface area (Å²) in [5, 5.41) is 9.40. The zero-order chi connectivity index (χ0) is 19.0. The highest BCUT2D eigenvalue weighted by molar-refractivity contribution is 5.86. The largest absolute Gasteiger partial charge is 0.356 e. The third-order valence-electron chi connectivity index (χ3n) is 5.05. The quantitative estimate of drug-likeness (QED) is 0.497. The molecular weight excluding hydrogens is 336 g/mol. The molecule has 5 heteroatoms. The van der Waals surface area contributed by atoms with Gasteiger partial charge in [0.2, 0.25) is 5.91 Å². The lowest BCUT2D eigenvalue weighted by Gasteiger charge is -2.19. The molecule has 1 saturated carbocycles. The van der Waals surface area contributed by atoms with Crippen LogP contribution in [0.1, 0.15) is 24.0 Å². The Labute approximate surface area is 161 Å². The Morgan fingerprint density at radius 2 is 1.63 bits per heavy atom. The summed E-state index contributed by atoms with van der Waals surface area (Å²) < 4.78 is 0. The van der Waals surface area contributed by atoms with Crippen molar-refractivity contribution in [3.63, 3.8) is 0 Å². The van der Waals surface area contributed by atoms with Crippen LogP contribution in [0.15, 0.2) is 65.7 Å². The van der Waals surface area contributed by atoms with Gasteiger partial charge in [-0.2, -0.15) is 0 Å². The van der Waals surface area contributed by atoms with Crippen LogP contribution in [-0.4, -0.2) is 38.5 Å². The molecule has 1 amide bonds. The molecule has 1 fully saturated rings. The van der Waals surface area contributed by atoms with E-state index in [1.165, 1.54) is 24.0 Å². The number of aliphatic imine (C=N–C) groups is 1. The van der Waals surface area contributed by atoms with Gasteiger partial charge in [-0.15, -0.1) is 0 Å². The van der Waals surface area contributed by atoms with E-state index in [4.69, 9.17) is 0 Å². The maximum Gasteiger partial charge on any atom is 0.239 e. The van der Waals surface area contributed by atoms with Crippen molar-refractivity contribution < 1.29 is 4.79 Å². The Balaban J connectivity index is 1.37. The fourth-order valence-electron chi connectivity index (χ4n) is 3.20. The Kier molecular flexibility index (Phi) is 6.47. The summed E-state index contributed by atoms with van der Waals surface area (Å²) in [4.78, 5) is 16.3. The summed E-state index contributed by atoms with van der Waals surface area (Å²) in [6, 6.07) is 20.7. The van der Waals surface area contributed by atoms with Gasteiger partial charge in [-0.3, -0.25) is 9.79 Å². The summed E-state index contributed by atoms with van der Waals surface area (Å²) in [7, 11) is 1.73. The first kappa shape index (κ1) is 19.0. The molecule has 3 N–H and O–H groups in total. The molecule has 0 unspecified atom stereocenters. The lowest BCUT2D eigenvalue weighted by atomic mass is 9.96. The number of nitrogens with zero attached hydrogens (tertiary/aromatic N) is 1. The van der Waals surface area contributed by atoms with Crippen LogP contribution in [0, 0.1) is 0 Å². The van der Waals surface area contributed by atoms with Crippen LogP contribution in [0.3, 0.4) is 0 Å². The van der Waals surface area contributed by atoms with Gasteiger partial charge in [0, 0.05) is 25.6 Å². The highest BCUT2D eigenvalue weighted by Gasteiger charge is 2.43. The van der Waals surface area contributed by atoms with Crippen molar-refractivity contribution in [1.82, 2.24) is 16.0 Å². The second kappa shape index (κ2) is 9.21. The first-order valence-electron chi connectivity index (χ1n) is 9.52. The Hall–Kier alpha value is -2.82. The van der Waals surface area contributed by atoms with Crippen molar-refractivity contribution in [2.24, 2.45) is 4.99 Å². The second-order valence-electron chi connectivity index (χ2n) is 7.01. The number of carbonyl (C=O) groups is 1. The molecule has 27 heavy (non-hydrogen) atoms. The predicted molar refractivity (Wildman–Crippen MR) is 110 cm³/mol. The van der Waals surface area contributed by atoms with Crippen LogP contribution in [0.4, 0.5) is 0 Å². The number of benzene rings is 2. The lowest BCUT2D eigenvalue weighted by molar-refractivity contribution is -0.119. The zero-order valence-corrected chi connectivity index (χ0v) is 15.9. The molecule has 1 aliphatic carbocycles. The van der Waals surface area contributed by atoms with Crippen molar-refractivity contribution in [2.45, 2.75) is 24.7 Å². The highest BCUT2D eigenvalue weighted by Crippen LogP contribution is 2.47. The normalized spacial score (nSPS) is 15.1. The van der Waals surface area contributed by atoms with Crippen molar-refractivity contribution in [2.75, 3.05) is 26.7 Å². The topological polar surface area (TPSA) is 65.5 Å². The minimum absolute atomic E-state index is 0.0296. The smallest absolute Gasteiger partial charge is 0.239 e. The van der Waals surface area contributed by atoms with E-state index in [0.29, 0.717) is 12.5 Å². The van der Waals surface area contributed by atoms with Gasteiger partial charge in [0.25, 0.3) is 0 Å². The van der Waals surface area contributed by atoms with Crippen LogP contribution >= 0.6 is 0 Å². The van der Waals surface area contributed by atoms with Crippen LogP contribution < -0.4 is 16.0 Å². The van der Waals surface area contributed by atoms with Crippen LogP contribution in [-0.2, 0) is 16.6 Å². The third-order valence-corrected chi connectivity index (χ3v) is 5.05. The van der Waals surface area contributed by atoms with Gasteiger partial charge in [-0.05, 0) is 30.4 Å². The van der Waals surface area contributed by atoms with E-state index in [1.807, 2.05) is 24.3 Å². The number of rotatable bonds is 8. The monoisotopic (exact) mass is 364 g/mol. The summed E-state index contributed by atoms with van der Waals surface area (Å²) in [6.45, 7) is 1.67. The summed E-state index contributed by atoms with van der Waals surface area (Å²) in [6.07, 6.45) is 3.20. The minimum Gasteiger partial charge on any atom is -0.356 e. The molecular formula is C22H28N4O. The van der Waals surface area contributed by atoms with Gasteiger partial charge in [0.1, 0.15) is 0 Å². The number of hydrogen-bond acceptors (Lipinski definition) is 2. The van der Waals surface area contributed by atoms with Gasteiger partial charge in [0.15, 0.2) is 5.96 Å². The fourth-order valence-corrected chi connectivity index (χ4v) is 3.20. The Morgan fingerprint density at radius 3 is 2.26 bits per heavy atom. The van der Waals surface area contributed by atoms with Gasteiger partial charge < -0.3 is 16.0 Å². The van der Waals surface area contributed by atoms with Crippen molar-refractivity contribution in [1.29, 1.82) is 0 Å². The molecule has 0 aromatic heterocycles. The number of nitrogens with one attached hydrogen (secondary N) is 3. The van der Waals surface area contributed by atoms with Crippen molar-refractivity contribution in [3.05, 3.63) is 71.8 Å². The van der Waals surface area contributed by atoms with Gasteiger partial charge in [-0.25, -0.2) is 0 Å². The molecule has 1 aliphatic rings. The second-order valence-corrected chi connectivity index (χ2v) is 7.01. The SMILES string of the molecule is CN=C(NCC(=O)NCCc1ccccc1)NCC1(c2ccccc2)CC1. The lowest BCUT2D eigenvalue weighted by Crippen LogP contribution is -2.45. The van der Waals surface area contributed by atoms with Crippen LogP contribution in [0.5, 0.6) is 0 Å². The van der Waals surface area contributed by atoms with Gasteiger partial charge >= 0.3 is 0 Å². The molecule has 0 heterocycles. The van der Waals surface area contributed by atoms with Crippen LogP contribution in [0.25, 0.3) is 0 Å². The zero-order valence-electron chi connectivity index (χ0n) is 15.9. The number of amides is 1. The molecule has 0 bridgehead atoms. The van der Waals surface area contributed by atoms with Crippen LogP contribution in [0.2, 0.25) is 0 Å². The average molecular weight is 364 g/mol. The van der Waals surface area contributed by atoms with E-state index < -0.39 is 0 Å². The summed E-state index contributed by atoms with van der Waals surface area (Å²) in [5.74, 6) is 0.633. The van der Waals surface area contributed by atoms with E-state index in [-0.39, 0.29) is 17.9 Å². The van der Waals surface area contributed by atoms with Gasteiger partial charge in [-0.1, -0.05) is 60.7 Å². The van der Waals surface area contributed by atoms with E-state index >= 15 is 0 Å². The minimum atomic E-state index is -0.0296. The molecule has 142 valence electrons. The van der Waals surface area contributed by atoms with Crippen molar-refractivity contribution in [3.8, 4) is 0 Å². The molecule has 0 radical (unpaired) electrons. The Morgan fingerprint density at radius 1 is 0.963 bits per heavy atom. The number of carbonyl (C=O) groups excluding carboxylic acids is 1. The first-order valence-corrected chi connectivity index (χ1v) is 9.52. The molecule has 5 nitrogen and oxygen atoms in total. The highest BCUT2D eigenvalue weighted by atomic mass is 16.1. The maximum atomic E-state index is 12.0. The Bertz CT molecular complexity index is 754. The molecule has 0 saturated heterocycles. The van der Waals surface area contributed by atoms with E-state index in [1.54, 1.807) is 7.05 Å². The van der Waals surface area contributed by atoms with E-state index in [2.05, 4.69) is 57.3 Å². The average Bonchev–Trinajstić information content (AvgIpc) is 3.51. The molecule has 0 aliphatic heterocycles. The van der Waals surface area contributed by atoms with E-state index in [0.717, 1.165) is 13.0 Å². The molecule has 3 rings (SSSR count). The van der Waals surface area contributed by atoms with Crippen molar-refractivity contribution >= 4 is 11.9 Å². The maximum absolute atomic E-state index is 12.0. The summed E-state index contributed by atoms with van der Waals surface area (Å²) in [5.41, 5.74) is 2.79. The standard InChI is InChI=1S/C22H28N4O/c1-23-21(26-17-22(13-14-22)19-10-6-3-7-11-19)25-16-20(27)24-15-12-18-8-4-2-5-9-18/h2-11H,12-17H2,1H3,(H,24,27)(H2,23,25,26). The summed E-state index contributed by atoms with van der Waals surface area (Å²) >= 11 is 0. The third kappa shape index (κ3) is 5.58. The predicted octanol–water partition coefficient (Wildman–Crippen LogP) is 2.24. The number of hydrogen-bond donors (Lipinski definition) is 3. The fraction of sp³-hybridized carbons (Fsp3) is 0.364. The van der Waals surface area contributed by atoms with E-state index in [9.17, 15) is 4.79 Å². The molecule has 2 aromatic rings. The number of guanidine groups is 1. The molecule has 0 atom stereocenters. The molecule has 2 aromatic carbocycles. The first-order chi connectivity index (χ1) is 13.2. The molecule has 0 spiro atoms. The van der Waals surface area contributed by atoms with Gasteiger partial charge in [0.05, 0.1) is 6.54 Å².